The molecule has 1 aromatic carbocycles. The van der Waals surface area contributed by atoms with Crippen molar-refractivity contribution in [2.24, 2.45) is 0 Å². The highest BCUT2D eigenvalue weighted by molar-refractivity contribution is 7.89. The first-order chi connectivity index (χ1) is 11.4. The van der Waals surface area contributed by atoms with Crippen molar-refractivity contribution in [2.45, 2.75) is 18.7 Å². The summed E-state index contributed by atoms with van der Waals surface area (Å²) in [4.78, 5) is 12.1. The van der Waals surface area contributed by atoms with E-state index in [9.17, 15) is 18.3 Å². The minimum absolute atomic E-state index is 0.0194. The monoisotopic (exact) mass is 356 g/mol. The van der Waals surface area contributed by atoms with Crippen LogP contribution in [0, 0.1) is 0 Å². The first kappa shape index (κ1) is 18.1. The molecular formula is C15H20N2O6S. The first-order valence-corrected chi connectivity index (χ1v) is 8.93. The summed E-state index contributed by atoms with van der Waals surface area (Å²) in [6.07, 6.45) is 1.17. The summed E-state index contributed by atoms with van der Waals surface area (Å²) in [7, 11) is -3.70. The van der Waals surface area contributed by atoms with E-state index in [2.05, 4.69) is 5.32 Å². The Morgan fingerprint density at radius 2 is 2.00 bits per heavy atom. The maximum atomic E-state index is 12.5. The molecule has 0 fully saturated rings. The van der Waals surface area contributed by atoms with Crippen LogP contribution in [0.25, 0.3) is 0 Å². The number of sulfonamides is 1. The topological polar surface area (TPSA) is 105 Å². The summed E-state index contributed by atoms with van der Waals surface area (Å²) in [5.74, 6) is -0.931. The molecule has 8 nitrogen and oxygen atoms in total. The molecule has 9 heteroatoms. The fraction of sp³-hybridized carbons (Fsp3) is 0.400. The van der Waals surface area contributed by atoms with Crippen LogP contribution in [0.5, 0.6) is 5.75 Å². The number of ether oxygens (including phenoxy) is 2. The number of aromatic hydroxyl groups is 1. The number of nitrogens with zero attached hydrogens (tertiary/aromatic N) is 1. The third-order valence-electron chi connectivity index (χ3n) is 3.43. The predicted octanol–water partition coefficient (Wildman–Crippen LogP) is 1.25. The third-order valence-corrected chi connectivity index (χ3v) is 5.48. The molecular weight excluding hydrogens is 336 g/mol. The number of hydrogen-bond acceptors (Lipinski definition) is 6. The molecule has 132 valence electrons. The van der Waals surface area contributed by atoms with E-state index in [1.807, 2.05) is 0 Å². The molecule has 1 aliphatic heterocycles. The van der Waals surface area contributed by atoms with Crippen LogP contribution >= 0.6 is 0 Å². The van der Waals surface area contributed by atoms with Crippen molar-refractivity contribution >= 4 is 21.6 Å². The maximum Gasteiger partial charge on any atom is 0.294 e. The van der Waals surface area contributed by atoms with E-state index in [4.69, 9.17) is 9.47 Å². The van der Waals surface area contributed by atoms with Crippen LogP contribution in [-0.4, -0.2) is 50.0 Å². The zero-order valence-electron chi connectivity index (χ0n) is 13.5. The Labute approximate surface area is 140 Å². The van der Waals surface area contributed by atoms with E-state index in [1.165, 1.54) is 28.8 Å². The summed E-state index contributed by atoms with van der Waals surface area (Å²) in [6, 6.07) is 3.72. The molecule has 0 aromatic heterocycles. The van der Waals surface area contributed by atoms with E-state index in [0.29, 0.717) is 19.7 Å². The molecule has 1 heterocycles. The maximum absolute atomic E-state index is 12.5. The van der Waals surface area contributed by atoms with E-state index < -0.39 is 15.9 Å². The van der Waals surface area contributed by atoms with E-state index in [0.717, 1.165) is 0 Å². The number of phenolic OH excluding ortho intramolecular Hbond substituents is 1. The Bertz CT molecular complexity index is 740. The average Bonchev–Trinajstić information content (AvgIpc) is 2.58. The summed E-state index contributed by atoms with van der Waals surface area (Å²) in [5, 5.41) is 12.3. The van der Waals surface area contributed by atoms with E-state index >= 15 is 0 Å². The molecule has 0 saturated heterocycles. The average molecular weight is 356 g/mol. The number of carbonyl (C=O) groups is 1. The van der Waals surface area contributed by atoms with Crippen LogP contribution in [0.4, 0.5) is 5.69 Å². The second-order valence-electron chi connectivity index (χ2n) is 4.92. The van der Waals surface area contributed by atoms with Crippen LogP contribution in [-0.2, 0) is 24.3 Å². The molecule has 0 bridgehead atoms. The lowest BCUT2D eigenvalue weighted by atomic mass is 10.3. The van der Waals surface area contributed by atoms with Crippen molar-refractivity contribution < 1.29 is 27.8 Å². The minimum Gasteiger partial charge on any atom is -0.506 e. The zero-order chi connectivity index (χ0) is 17.7. The van der Waals surface area contributed by atoms with Crippen molar-refractivity contribution in [3.05, 3.63) is 30.2 Å². The van der Waals surface area contributed by atoms with E-state index in [1.54, 1.807) is 13.8 Å². The van der Waals surface area contributed by atoms with Gasteiger partial charge in [-0.1, -0.05) is 13.8 Å². The zero-order valence-corrected chi connectivity index (χ0v) is 14.3. The molecule has 2 N–H and O–H groups in total. The largest absolute Gasteiger partial charge is 0.506 e. The lowest BCUT2D eigenvalue weighted by molar-refractivity contribution is -0.117. The summed E-state index contributed by atoms with van der Waals surface area (Å²) >= 11 is 0. The van der Waals surface area contributed by atoms with Crippen LogP contribution in [0.15, 0.2) is 35.1 Å². The SMILES string of the molecule is CCN(CC)S(=O)(=O)c1ccc(O)c(NC(=O)C2=COCCO2)c1. The lowest BCUT2D eigenvalue weighted by Gasteiger charge is -2.19. The molecule has 2 rings (SSSR count). The molecule has 0 radical (unpaired) electrons. The second-order valence-corrected chi connectivity index (χ2v) is 6.86. The van der Waals surface area contributed by atoms with Crippen LogP contribution in [0.2, 0.25) is 0 Å². The number of carbonyl (C=O) groups excluding carboxylic acids is 1. The molecule has 0 spiro atoms. The van der Waals surface area contributed by atoms with Gasteiger partial charge in [-0.15, -0.1) is 0 Å². The first-order valence-electron chi connectivity index (χ1n) is 7.49. The van der Waals surface area contributed by atoms with Gasteiger partial charge >= 0.3 is 0 Å². The highest BCUT2D eigenvalue weighted by Gasteiger charge is 2.24. The van der Waals surface area contributed by atoms with Gasteiger partial charge in [-0.2, -0.15) is 4.31 Å². The Balaban J connectivity index is 2.29. The normalized spacial score (nSPS) is 14.5. The van der Waals surface area contributed by atoms with Crippen molar-refractivity contribution in [1.82, 2.24) is 4.31 Å². The van der Waals surface area contributed by atoms with Gasteiger partial charge in [0.25, 0.3) is 5.91 Å². The molecule has 0 atom stereocenters. The molecule has 1 aromatic rings. The third kappa shape index (κ3) is 3.80. The van der Waals surface area contributed by atoms with Crippen LogP contribution in [0.1, 0.15) is 13.8 Å². The van der Waals surface area contributed by atoms with Gasteiger partial charge in [0, 0.05) is 13.1 Å². The van der Waals surface area contributed by atoms with Crippen molar-refractivity contribution in [1.29, 1.82) is 0 Å². The van der Waals surface area contributed by atoms with Crippen molar-refractivity contribution in [3.63, 3.8) is 0 Å². The number of hydrogen-bond donors (Lipinski definition) is 2. The number of nitrogens with one attached hydrogen (secondary N) is 1. The van der Waals surface area contributed by atoms with Gasteiger partial charge < -0.3 is 19.9 Å². The Morgan fingerprint density at radius 3 is 2.58 bits per heavy atom. The number of anilines is 1. The second kappa shape index (κ2) is 7.54. The Morgan fingerprint density at radius 1 is 1.29 bits per heavy atom. The van der Waals surface area contributed by atoms with Gasteiger partial charge in [-0.25, -0.2) is 8.42 Å². The fourth-order valence-electron chi connectivity index (χ4n) is 2.16. The highest BCUT2D eigenvalue weighted by Crippen LogP contribution is 2.28. The fourth-order valence-corrected chi connectivity index (χ4v) is 3.64. The van der Waals surface area contributed by atoms with Crippen molar-refractivity contribution in [3.8, 4) is 5.75 Å². The Hall–Kier alpha value is -2.26. The lowest BCUT2D eigenvalue weighted by Crippen LogP contribution is -2.30. The van der Waals surface area contributed by atoms with Gasteiger partial charge in [-0.05, 0) is 18.2 Å². The number of benzene rings is 1. The highest BCUT2D eigenvalue weighted by atomic mass is 32.2. The van der Waals surface area contributed by atoms with Gasteiger partial charge in [0.2, 0.25) is 15.8 Å². The van der Waals surface area contributed by atoms with Gasteiger partial charge in [0.1, 0.15) is 25.2 Å². The summed E-state index contributed by atoms with van der Waals surface area (Å²) in [6.45, 7) is 4.69. The molecule has 1 amide bonds. The van der Waals surface area contributed by atoms with Gasteiger partial charge in [0.15, 0.2) is 0 Å². The summed E-state index contributed by atoms with van der Waals surface area (Å²) in [5.41, 5.74) is -0.0247. The number of phenols is 1. The predicted molar refractivity (Wildman–Crippen MR) is 86.8 cm³/mol. The Kier molecular flexibility index (Phi) is 5.68. The standard InChI is InChI=1S/C15H20N2O6S/c1-3-17(4-2)24(20,21)11-5-6-13(18)12(9-11)16-15(19)14-10-22-7-8-23-14/h5-6,9-10,18H,3-4,7-8H2,1-2H3,(H,16,19). The molecule has 24 heavy (non-hydrogen) atoms. The molecule has 0 unspecified atom stereocenters. The number of amides is 1. The number of rotatable bonds is 6. The quantitative estimate of drug-likeness (QED) is 0.743. The smallest absolute Gasteiger partial charge is 0.294 e. The minimum atomic E-state index is -3.70. The van der Waals surface area contributed by atoms with Crippen LogP contribution in [0.3, 0.4) is 0 Å². The molecule has 0 saturated carbocycles. The van der Waals surface area contributed by atoms with Gasteiger partial charge in [0.05, 0.1) is 10.6 Å². The molecule has 0 aliphatic carbocycles. The molecule has 1 aliphatic rings. The van der Waals surface area contributed by atoms with Gasteiger partial charge in [-0.3, -0.25) is 4.79 Å². The summed E-state index contributed by atoms with van der Waals surface area (Å²) < 4.78 is 36.5. The van der Waals surface area contributed by atoms with Crippen molar-refractivity contribution in [2.75, 3.05) is 31.6 Å². The van der Waals surface area contributed by atoms with E-state index in [-0.39, 0.29) is 28.7 Å². The van der Waals surface area contributed by atoms with Crippen LogP contribution < -0.4 is 5.32 Å².